The maximum atomic E-state index is 11.7. The summed E-state index contributed by atoms with van der Waals surface area (Å²) in [4.78, 5) is 61.7. The molecule has 1 aromatic carbocycles. The fourth-order valence-corrected chi connectivity index (χ4v) is 15.7. The lowest BCUT2D eigenvalue weighted by Gasteiger charge is -2.25. The van der Waals surface area contributed by atoms with Crippen molar-refractivity contribution in [2.24, 2.45) is 5.92 Å². The van der Waals surface area contributed by atoms with E-state index in [2.05, 4.69) is 155 Å². The Hall–Kier alpha value is -4.24. The molecule has 6 aliphatic rings. The molecule has 0 saturated carbocycles. The van der Waals surface area contributed by atoms with Crippen LogP contribution in [0.5, 0.6) is 0 Å². The number of nitrogens with zero attached hydrogens (tertiary/aromatic N) is 7. The summed E-state index contributed by atoms with van der Waals surface area (Å²) in [5.74, 6) is 1.66. The lowest BCUT2D eigenvalue weighted by Crippen LogP contribution is -2.34. The van der Waals surface area contributed by atoms with Crippen molar-refractivity contribution in [1.29, 1.82) is 0 Å². The van der Waals surface area contributed by atoms with E-state index in [0.717, 1.165) is 61.8 Å². The molecule has 7 heterocycles. The summed E-state index contributed by atoms with van der Waals surface area (Å²) in [6.45, 7) is 46.4. The molecular weight excluding hydrogens is 1130 g/mol. The topological polar surface area (TPSA) is 124 Å². The summed E-state index contributed by atoms with van der Waals surface area (Å²) < 4.78 is 1.85. The Labute approximate surface area is 528 Å². The van der Waals surface area contributed by atoms with Gasteiger partial charge >= 0.3 is 0 Å². The first-order valence-electron chi connectivity index (χ1n) is 32.0. The smallest absolute Gasteiger partial charge is 0.222 e. The summed E-state index contributed by atoms with van der Waals surface area (Å²) in [5, 5.41) is 9.61. The molecule has 5 aromatic heterocycles. The number of aryl methyl sites for hydroxylation is 7. The molecule has 0 fully saturated rings. The van der Waals surface area contributed by atoms with Crippen LogP contribution in [0.3, 0.4) is 0 Å². The van der Waals surface area contributed by atoms with Crippen molar-refractivity contribution >= 4 is 62.8 Å². The molecule has 1 amide bonds. The van der Waals surface area contributed by atoms with E-state index in [9.17, 15) is 14.4 Å². The Kier molecular flexibility index (Phi) is 22.2. The second-order valence-corrected chi connectivity index (χ2v) is 35.0. The molecule has 4 aliphatic carbocycles. The molecule has 12 rings (SSSR count). The van der Waals surface area contributed by atoms with E-state index in [1.165, 1.54) is 129 Å². The first kappa shape index (κ1) is 68.3. The maximum absolute atomic E-state index is 11.7. The third-order valence-electron chi connectivity index (χ3n) is 16.3. The van der Waals surface area contributed by atoms with Gasteiger partial charge in [-0.25, -0.2) is 19.9 Å². The number of amides is 1. The number of carbonyl (C=O) groups is 3. The van der Waals surface area contributed by atoms with E-state index in [1.807, 2.05) is 56.6 Å². The molecule has 1 atom stereocenters. The van der Waals surface area contributed by atoms with Gasteiger partial charge in [-0.1, -0.05) is 151 Å². The molecule has 0 bridgehead atoms. The van der Waals surface area contributed by atoms with Gasteiger partial charge in [0.1, 0.15) is 5.69 Å². The molecule has 14 heteroatoms. The van der Waals surface area contributed by atoms with Crippen LogP contribution in [-0.2, 0) is 102 Å². The van der Waals surface area contributed by atoms with Crippen molar-refractivity contribution in [3.63, 3.8) is 0 Å². The van der Waals surface area contributed by atoms with Gasteiger partial charge in [-0.2, -0.15) is 5.10 Å². The summed E-state index contributed by atoms with van der Waals surface area (Å²) in [5.41, 5.74) is 11.6. The molecule has 6 aromatic rings. The van der Waals surface area contributed by atoms with Crippen LogP contribution >= 0.6 is 45.3 Å². The van der Waals surface area contributed by atoms with Crippen LogP contribution in [0.15, 0.2) is 24.3 Å². The summed E-state index contributed by atoms with van der Waals surface area (Å²) in [6, 6.07) is 8.28. The molecule has 2 aliphatic heterocycles. The van der Waals surface area contributed by atoms with E-state index < -0.39 is 0 Å². The van der Waals surface area contributed by atoms with Gasteiger partial charge in [0.15, 0.2) is 11.6 Å². The third kappa shape index (κ3) is 18.4. The first-order chi connectivity index (χ1) is 39.5. The van der Waals surface area contributed by atoms with Crippen molar-refractivity contribution in [1.82, 2.24) is 34.6 Å². The molecule has 10 nitrogen and oxygen atoms in total. The number of thiazole rings is 4. The van der Waals surface area contributed by atoms with Gasteiger partial charge in [-0.15, -0.1) is 45.3 Å². The van der Waals surface area contributed by atoms with Crippen molar-refractivity contribution in [2.75, 3.05) is 6.54 Å². The highest BCUT2D eigenvalue weighted by molar-refractivity contribution is 7.12. The number of hydrogen-bond acceptors (Lipinski definition) is 12. The van der Waals surface area contributed by atoms with Crippen molar-refractivity contribution < 1.29 is 14.4 Å². The lowest BCUT2D eigenvalue weighted by atomic mass is 9.85. The quantitative estimate of drug-likeness (QED) is 0.159. The summed E-state index contributed by atoms with van der Waals surface area (Å²) in [7, 11) is 0. The monoisotopic (exact) mass is 1230 g/mol. The Bertz CT molecular complexity index is 3140. The Morgan fingerprint density at radius 2 is 0.988 bits per heavy atom. The third-order valence-corrected chi connectivity index (χ3v) is 22.6. The zero-order valence-corrected chi connectivity index (χ0v) is 59.3. The number of fused-ring (bicyclic) bond motifs is 6. The van der Waals surface area contributed by atoms with Gasteiger partial charge in [0.05, 0.1) is 55.0 Å². The average Bonchev–Trinajstić information content (AvgIpc) is 3.71. The number of aromatic nitrogens is 6. The van der Waals surface area contributed by atoms with Crippen molar-refractivity contribution in [3.05, 3.63) is 115 Å². The number of hydrogen-bond donors (Lipinski definition) is 0. The van der Waals surface area contributed by atoms with Crippen LogP contribution in [0.4, 0.5) is 0 Å². The van der Waals surface area contributed by atoms with E-state index >= 15 is 0 Å². The number of rotatable bonds is 1. The van der Waals surface area contributed by atoms with Crippen LogP contribution in [0, 0.1) is 5.92 Å². The van der Waals surface area contributed by atoms with Gasteiger partial charge in [0.2, 0.25) is 5.91 Å². The predicted molar refractivity (Wildman–Crippen MR) is 359 cm³/mol. The highest BCUT2D eigenvalue weighted by Gasteiger charge is 2.30. The van der Waals surface area contributed by atoms with Crippen LogP contribution in [0.1, 0.15) is 296 Å². The van der Waals surface area contributed by atoms with Gasteiger partial charge in [0, 0.05) is 90.9 Å². The number of carbonyl (C=O) groups excluding carboxylic acids is 3. The minimum absolute atomic E-state index is 0.0324. The van der Waals surface area contributed by atoms with Crippen LogP contribution in [0.2, 0.25) is 0 Å². The zero-order chi connectivity index (χ0) is 62.6. The maximum Gasteiger partial charge on any atom is 0.222 e. The van der Waals surface area contributed by atoms with Crippen LogP contribution in [0.25, 0.3) is 0 Å². The molecule has 85 heavy (non-hydrogen) atoms. The highest BCUT2D eigenvalue weighted by atomic mass is 32.1. The number of benzene rings is 1. The second-order valence-electron chi connectivity index (χ2n) is 30.7. The lowest BCUT2D eigenvalue weighted by molar-refractivity contribution is -0.131. The standard InChI is InChI=1S/C13H20N2OS.C13H16O.C12H19NS.C11H16N2O.2C11H17NS/c1-5-11(16)15-7-6-9-10(8-15)17-12(14-9)13(2,3)4;1-13(2,3)10-6-4-9-5-7-12(14)11(9)8-10;1-8-5-6-9-10(7-8)14-11(13-9)12(2,3)4;1-11(2,3)10-7-8-9(14)5-4-6-13(8)12-10;2*1-11(2,3)10-12-8-6-4-5-7-9(8)13-10/h5-8H2,1-4H3;4,6,8H,5,7H2,1-3H3;8H,5-7H2,1-4H3;7H,4-6H2,1-3H3;2*4-7H2,1-3H3. The molecular formula is C71H105N7O3S4. The Morgan fingerprint density at radius 3 is 1.46 bits per heavy atom. The van der Waals surface area contributed by atoms with Gasteiger partial charge in [-0.05, 0) is 118 Å². The molecule has 0 N–H and O–H groups in total. The van der Waals surface area contributed by atoms with Crippen molar-refractivity contribution in [2.45, 2.75) is 293 Å². The molecule has 0 radical (unpaired) electrons. The predicted octanol–water partition coefficient (Wildman–Crippen LogP) is 18.2. The van der Waals surface area contributed by atoms with Crippen LogP contribution < -0.4 is 0 Å². The SMILES string of the molecule is CC(C)(C)c1cc2n(n1)CCCC2=O.CC(C)(C)c1ccc2c(c1)C(=O)CC2.CC(C)(C)c1nc2c(s1)CCCC2.CC(C)(C)c1nc2c(s1)CCCC2.CC1CCc2nc(C(C)(C)C)sc2C1.CCC(=O)N1CCc2nc(C(C)(C)C)sc2C1. The van der Waals surface area contributed by atoms with E-state index in [-0.39, 0.29) is 44.2 Å². The van der Waals surface area contributed by atoms with Gasteiger partial charge < -0.3 is 4.90 Å². The zero-order valence-electron chi connectivity index (χ0n) is 56.0. The normalized spacial score (nSPS) is 17.5. The Balaban J connectivity index is 0.000000146. The fraction of sp³-hybridized carbons (Fsp3) is 0.662. The first-order valence-corrected chi connectivity index (χ1v) is 35.3. The van der Waals surface area contributed by atoms with Crippen molar-refractivity contribution in [3.8, 4) is 0 Å². The second kappa shape index (κ2) is 27.7. The number of Topliss-reactive ketones (excluding diaryl/α,β-unsaturated/α-hetero) is 2. The minimum Gasteiger partial charge on any atom is -0.337 e. The largest absolute Gasteiger partial charge is 0.337 e. The summed E-state index contributed by atoms with van der Waals surface area (Å²) in [6.07, 6.45) is 18.8. The molecule has 466 valence electrons. The van der Waals surface area contributed by atoms with Gasteiger partial charge in [0.25, 0.3) is 0 Å². The molecule has 0 spiro atoms. The van der Waals surface area contributed by atoms with Crippen LogP contribution in [-0.4, -0.2) is 58.6 Å². The highest BCUT2D eigenvalue weighted by Crippen LogP contribution is 2.38. The van der Waals surface area contributed by atoms with E-state index in [1.54, 1.807) is 26.0 Å². The van der Waals surface area contributed by atoms with E-state index in [0.29, 0.717) is 25.0 Å². The fourth-order valence-electron chi connectivity index (χ4n) is 10.8. The average molecular weight is 1230 g/mol. The van der Waals surface area contributed by atoms with E-state index in [4.69, 9.17) is 19.9 Å². The molecule has 0 saturated heterocycles. The Morgan fingerprint density at radius 1 is 0.506 bits per heavy atom. The molecule has 1 unspecified atom stereocenters. The summed E-state index contributed by atoms with van der Waals surface area (Å²) >= 11 is 7.57. The van der Waals surface area contributed by atoms with Gasteiger partial charge in [-0.3, -0.25) is 19.1 Å². The number of ketones is 2. The minimum atomic E-state index is 0.0324.